The summed E-state index contributed by atoms with van der Waals surface area (Å²) in [6, 6.07) is 8.56. The lowest BCUT2D eigenvalue weighted by Gasteiger charge is -2.14. The van der Waals surface area contributed by atoms with Gasteiger partial charge in [-0.05, 0) is 36.8 Å². The van der Waals surface area contributed by atoms with Crippen molar-refractivity contribution in [2.24, 2.45) is 5.73 Å². The van der Waals surface area contributed by atoms with E-state index in [4.69, 9.17) is 29.4 Å². The van der Waals surface area contributed by atoms with Gasteiger partial charge in [0.1, 0.15) is 5.82 Å². The fraction of sp³-hybridized carbons (Fsp3) is 0.333. The molecule has 0 bridgehead atoms. The number of hydrogen-bond acceptors (Lipinski definition) is 8. The Kier molecular flexibility index (Phi) is 6.63. The first-order valence-corrected chi connectivity index (χ1v) is 9.35. The molecule has 0 saturated carbocycles. The number of rotatable bonds is 9. The van der Waals surface area contributed by atoms with E-state index < -0.39 is 6.04 Å². The summed E-state index contributed by atoms with van der Waals surface area (Å²) in [5.41, 5.74) is 7.92. The molecule has 0 aliphatic rings. The van der Waals surface area contributed by atoms with E-state index in [0.717, 1.165) is 5.56 Å². The zero-order chi connectivity index (χ0) is 21.7. The summed E-state index contributed by atoms with van der Waals surface area (Å²) in [6.45, 7) is 2.46. The molecule has 3 rings (SSSR count). The molecule has 0 unspecified atom stereocenters. The Labute approximate surface area is 175 Å². The predicted octanol–water partition coefficient (Wildman–Crippen LogP) is 2.95. The molecule has 0 fully saturated rings. The van der Waals surface area contributed by atoms with E-state index in [1.165, 1.54) is 0 Å². The highest BCUT2D eigenvalue weighted by molar-refractivity contribution is 5.66. The van der Waals surface area contributed by atoms with Gasteiger partial charge in [-0.1, -0.05) is 6.07 Å². The zero-order valence-corrected chi connectivity index (χ0v) is 17.7. The maximum Gasteiger partial charge on any atom is 0.203 e. The highest BCUT2D eigenvalue weighted by atomic mass is 16.5. The highest BCUT2D eigenvalue weighted by Gasteiger charge is 2.20. The molecule has 160 valence electrons. The fourth-order valence-corrected chi connectivity index (χ4v) is 3.06. The molecule has 9 heteroatoms. The van der Waals surface area contributed by atoms with Crippen molar-refractivity contribution >= 4 is 0 Å². The van der Waals surface area contributed by atoms with Crippen molar-refractivity contribution in [3.05, 3.63) is 41.7 Å². The maximum absolute atomic E-state index is 6.41. The first-order valence-electron chi connectivity index (χ1n) is 9.35. The molecule has 0 radical (unpaired) electrons. The summed E-state index contributed by atoms with van der Waals surface area (Å²) in [4.78, 5) is 4.56. The number of nitrogens with zero attached hydrogens (tertiary/aromatic N) is 2. The highest BCUT2D eigenvalue weighted by Crippen LogP contribution is 2.40. The third-order valence-corrected chi connectivity index (χ3v) is 4.57. The first-order chi connectivity index (χ1) is 14.6. The van der Waals surface area contributed by atoms with Crippen molar-refractivity contribution < 1.29 is 23.7 Å². The van der Waals surface area contributed by atoms with Gasteiger partial charge in [-0.2, -0.15) is 5.10 Å². The second-order valence-electron chi connectivity index (χ2n) is 6.28. The van der Waals surface area contributed by atoms with Gasteiger partial charge in [-0.25, -0.2) is 4.98 Å². The number of aromatic amines is 1. The Balaban J connectivity index is 1.93. The Morgan fingerprint density at radius 3 is 2.13 bits per heavy atom. The third-order valence-electron chi connectivity index (χ3n) is 4.57. The number of H-pyrrole nitrogens is 1. The number of benzene rings is 2. The summed E-state index contributed by atoms with van der Waals surface area (Å²) < 4.78 is 27.1. The molecule has 3 aromatic rings. The van der Waals surface area contributed by atoms with Crippen molar-refractivity contribution in [3.63, 3.8) is 0 Å². The molecular formula is C21H26N4O5. The van der Waals surface area contributed by atoms with E-state index in [1.54, 1.807) is 40.6 Å². The zero-order valence-electron chi connectivity index (χ0n) is 17.7. The van der Waals surface area contributed by atoms with Crippen molar-refractivity contribution in [1.29, 1.82) is 0 Å². The topological polar surface area (TPSA) is 114 Å². The summed E-state index contributed by atoms with van der Waals surface area (Å²) in [5.74, 6) is 3.75. The van der Waals surface area contributed by atoms with Crippen LogP contribution in [0.5, 0.6) is 28.7 Å². The van der Waals surface area contributed by atoms with Crippen LogP contribution >= 0.6 is 0 Å². The quantitative estimate of drug-likeness (QED) is 0.549. The van der Waals surface area contributed by atoms with Crippen LogP contribution in [0.3, 0.4) is 0 Å². The van der Waals surface area contributed by atoms with Crippen LogP contribution in [0.15, 0.2) is 30.3 Å². The smallest absolute Gasteiger partial charge is 0.203 e. The number of ether oxygens (including phenoxy) is 5. The van der Waals surface area contributed by atoms with Gasteiger partial charge in [0.2, 0.25) is 5.75 Å². The van der Waals surface area contributed by atoms with E-state index >= 15 is 0 Å². The van der Waals surface area contributed by atoms with E-state index in [0.29, 0.717) is 52.6 Å². The van der Waals surface area contributed by atoms with Gasteiger partial charge in [0.15, 0.2) is 28.8 Å². The van der Waals surface area contributed by atoms with Crippen LogP contribution in [0, 0.1) is 0 Å². The van der Waals surface area contributed by atoms with Gasteiger partial charge in [-0.3, -0.25) is 5.10 Å². The Morgan fingerprint density at radius 1 is 0.900 bits per heavy atom. The summed E-state index contributed by atoms with van der Waals surface area (Å²) >= 11 is 0. The second-order valence-corrected chi connectivity index (χ2v) is 6.28. The summed E-state index contributed by atoms with van der Waals surface area (Å²) in [5, 5.41) is 7.22. The molecule has 9 nitrogen and oxygen atoms in total. The van der Waals surface area contributed by atoms with Gasteiger partial charge in [0, 0.05) is 5.56 Å². The van der Waals surface area contributed by atoms with Crippen molar-refractivity contribution in [2.45, 2.75) is 13.0 Å². The molecule has 0 saturated heterocycles. The lowest BCUT2D eigenvalue weighted by molar-refractivity contribution is 0.310. The number of nitrogens with two attached hydrogens (primary N) is 1. The van der Waals surface area contributed by atoms with E-state index in [-0.39, 0.29) is 0 Å². The van der Waals surface area contributed by atoms with Crippen molar-refractivity contribution in [1.82, 2.24) is 15.2 Å². The summed E-state index contributed by atoms with van der Waals surface area (Å²) in [7, 11) is 6.25. The average Bonchev–Trinajstić information content (AvgIpc) is 3.28. The molecule has 1 heterocycles. The number of aromatic nitrogens is 3. The molecule has 0 spiro atoms. The molecular weight excluding hydrogens is 388 g/mol. The van der Waals surface area contributed by atoms with Crippen LogP contribution in [0.4, 0.5) is 0 Å². The van der Waals surface area contributed by atoms with E-state index in [9.17, 15) is 0 Å². The number of hydrogen-bond donors (Lipinski definition) is 2. The average molecular weight is 414 g/mol. The minimum absolute atomic E-state index is 0.456. The van der Waals surface area contributed by atoms with Gasteiger partial charge < -0.3 is 29.4 Å². The SMILES string of the molecule is CCOc1ccc([C@@H](N)c2nc(-c3cc(OC)c(OC)c(OC)c3)n[nH]2)cc1OC. The Morgan fingerprint density at radius 2 is 1.57 bits per heavy atom. The lowest BCUT2D eigenvalue weighted by atomic mass is 10.1. The molecule has 2 aromatic carbocycles. The molecule has 30 heavy (non-hydrogen) atoms. The molecule has 0 aliphatic heterocycles. The molecule has 3 N–H and O–H groups in total. The fourth-order valence-electron chi connectivity index (χ4n) is 3.06. The second kappa shape index (κ2) is 9.36. The minimum atomic E-state index is -0.530. The third kappa shape index (κ3) is 4.11. The van der Waals surface area contributed by atoms with Gasteiger partial charge >= 0.3 is 0 Å². The van der Waals surface area contributed by atoms with Gasteiger partial charge in [-0.15, -0.1) is 0 Å². The number of nitrogens with one attached hydrogen (secondary N) is 1. The van der Waals surface area contributed by atoms with E-state index in [2.05, 4.69) is 15.2 Å². The number of methoxy groups -OCH3 is 4. The van der Waals surface area contributed by atoms with Gasteiger partial charge in [0.25, 0.3) is 0 Å². The van der Waals surface area contributed by atoms with Crippen LogP contribution in [-0.2, 0) is 0 Å². The van der Waals surface area contributed by atoms with Crippen LogP contribution in [-0.4, -0.2) is 50.2 Å². The normalized spacial score (nSPS) is 11.7. The predicted molar refractivity (Wildman–Crippen MR) is 112 cm³/mol. The van der Waals surface area contributed by atoms with Crippen LogP contribution < -0.4 is 29.4 Å². The molecule has 0 aliphatic carbocycles. The largest absolute Gasteiger partial charge is 0.493 e. The first kappa shape index (κ1) is 21.3. The Bertz CT molecular complexity index is 980. The lowest BCUT2D eigenvalue weighted by Crippen LogP contribution is -2.14. The van der Waals surface area contributed by atoms with Gasteiger partial charge in [0.05, 0.1) is 41.1 Å². The standard InChI is InChI=1S/C21H26N4O5/c1-6-30-14-8-7-12(9-15(14)26-2)18(22)21-23-20(24-25-21)13-10-16(27-3)19(29-5)17(11-13)28-4/h7-11,18H,6,22H2,1-5H3,(H,23,24,25)/t18-/m1/s1. The van der Waals surface area contributed by atoms with Crippen molar-refractivity contribution in [2.75, 3.05) is 35.0 Å². The van der Waals surface area contributed by atoms with E-state index in [1.807, 2.05) is 25.1 Å². The maximum atomic E-state index is 6.41. The van der Waals surface area contributed by atoms with Crippen LogP contribution in [0.25, 0.3) is 11.4 Å². The summed E-state index contributed by atoms with van der Waals surface area (Å²) in [6.07, 6.45) is 0. The van der Waals surface area contributed by atoms with Crippen molar-refractivity contribution in [3.8, 4) is 40.1 Å². The monoisotopic (exact) mass is 414 g/mol. The van der Waals surface area contributed by atoms with Crippen LogP contribution in [0.2, 0.25) is 0 Å². The minimum Gasteiger partial charge on any atom is -0.493 e. The Hall–Kier alpha value is -3.46. The molecule has 1 atom stereocenters. The molecule has 1 aromatic heterocycles. The molecule has 0 amide bonds. The van der Waals surface area contributed by atoms with Crippen LogP contribution in [0.1, 0.15) is 24.4 Å².